The van der Waals surface area contributed by atoms with E-state index >= 15 is 0 Å². The molecule has 0 saturated heterocycles. The highest BCUT2D eigenvalue weighted by molar-refractivity contribution is 5.86. The summed E-state index contributed by atoms with van der Waals surface area (Å²) in [6.07, 6.45) is 3.64. The van der Waals surface area contributed by atoms with Gasteiger partial charge in [-0.1, -0.05) is 18.2 Å². The predicted octanol–water partition coefficient (Wildman–Crippen LogP) is 2.62. The number of nitrogens with zero attached hydrogens (tertiary/aromatic N) is 2. The number of anilines is 1. The van der Waals surface area contributed by atoms with Crippen LogP contribution in [-0.2, 0) is 11.2 Å². The van der Waals surface area contributed by atoms with Crippen molar-refractivity contribution in [3.63, 3.8) is 0 Å². The molecule has 0 aromatic heterocycles. The second kappa shape index (κ2) is 9.12. The average Bonchev–Trinajstić information content (AvgIpc) is 2.73. The molecule has 1 amide bonds. The summed E-state index contributed by atoms with van der Waals surface area (Å²) in [5, 5.41) is 4.07. The van der Waals surface area contributed by atoms with E-state index in [4.69, 9.17) is 14.2 Å². The molecule has 148 valence electrons. The van der Waals surface area contributed by atoms with Gasteiger partial charge in [-0.25, -0.2) is 5.43 Å². The van der Waals surface area contributed by atoms with E-state index in [1.54, 1.807) is 39.7 Å². The number of hydrogen-bond acceptors (Lipinski definition) is 6. The van der Waals surface area contributed by atoms with Crippen LogP contribution in [0.4, 0.5) is 5.69 Å². The maximum Gasteiger partial charge on any atom is 0.259 e. The summed E-state index contributed by atoms with van der Waals surface area (Å²) in [6, 6.07) is 11.7. The quantitative estimate of drug-likeness (QED) is 0.588. The van der Waals surface area contributed by atoms with Gasteiger partial charge in [-0.2, -0.15) is 5.10 Å². The molecule has 0 spiro atoms. The summed E-state index contributed by atoms with van der Waals surface area (Å²) in [7, 11) is 4.65. The number of amides is 1. The standard InChI is InChI=1S/C21H25N3O4/c1-26-18-11-15(12-19(27-2)21(18)28-3)13-22-23-20(25)14-24-10-6-8-16-7-4-5-9-17(16)24/h4-5,7,9,11-13H,6,8,10,14H2,1-3H3,(H,23,25)/b22-13-. The van der Waals surface area contributed by atoms with E-state index in [0.717, 1.165) is 30.6 Å². The van der Waals surface area contributed by atoms with Crippen molar-refractivity contribution in [1.29, 1.82) is 0 Å². The van der Waals surface area contributed by atoms with E-state index in [-0.39, 0.29) is 12.5 Å². The summed E-state index contributed by atoms with van der Waals surface area (Å²) >= 11 is 0. The highest BCUT2D eigenvalue weighted by Gasteiger charge is 2.18. The first-order valence-corrected chi connectivity index (χ1v) is 9.11. The van der Waals surface area contributed by atoms with Crippen molar-refractivity contribution in [3.8, 4) is 17.2 Å². The third kappa shape index (κ3) is 4.36. The Morgan fingerprint density at radius 1 is 1.14 bits per heavy atom. The fourth-order valence-corrected chi connectivity index (χ4v) is 3.34. The molecule has 28 heavy (non-hydrogen) atoms. The van der Waals surface area contributed by atoms with Crippen molar-refractivity contribution >= 4 is 17.8 Å². The van der Waals surface area contributed by atoms with E-state index < -0.39 is 0 Å². The number of carbonyl (C=O) groups excluding carboxylic acids is 1. The molecule has 0 unspecified atom stereocenters. The number of hydrogen-bond donors (Lipinski definition) is 1. The van der Waals surface area contributed by atoms with Crippen molar-refractivity contribution in [2.45, 2.75) is 12.8 Å². The molecular weight excluding hydrogens is 358 g/mol. The average molecular weight is 383 g/mol. The van der Waals surface area contributed by atoms with E-state index in [1.807, 2.05) is 12.1 Å². The van der Waals surface area contributed by atoms with Gasteiger partial charge < -0.3 is 19.1 Å². The Labute approximate surface area is 164 Å². The molecular formula is C21H25N3O4. The maximum atomic E-state index is 12.3. The Bertz CT molecular complexity index is 841. The van der Waals surface area contributed by atoms with Crippen molar-refractivity contribution in [2.24, 2.45) is 5.10 Å². The zero-order valence-electron chi connectivity index (χ0n) is 16.4. The molecule has 1 N–H and O–H groups in total. The van der Waals surface area contributed by atoms with E-state index in [1.165, 1.54) is 5.56 Å². The molecule has 0 atom stereocenters. The minimum absolute atomic E-state index is 0.166. The summed E-state index contributed by atoms with van der Waals surface area (Å²) in [5.74, 6) is 1.40. The van der Waals surface area contributed by atoms with Crippen LogP contribution in [0.1, 0.15) is 17.5 Å². The number of nitrogens with one attached hydrogen (secondary N) is 1. The number of rotatable bonds is 7. The first kappa shape index (κ1) is 19.5. The molecule has 0 saturated carbocycles. The van der Waals surface area contributed by atoms with Crippen LogP contribution in [0.2, 0.25) is 0 Å². The van der Waals surface area contributed by atoms with Gasteiger partial charge in [0.25, 0.3) is 5.91 Å². The molecule has 3 rings (SSSR count). The Morgan fingerprint density at radius 2 is 1.86 bits per heavy atom. The van der Waals surface area contributed by atoms with Gasteiger partial charge in [0, 0.05) is 17.8 Å². The zero-order chi connectivity index (χ0) is 19.9. The molecule has 1 aliphatic heterocycles. The fraction of sp³-hybridized carbons (Fsp3) is 0.333. The van der Waals surface area contributed by atoms with Crippen LogP contribution in [0, 0.1) is 0 Å². The van der Waals surface area contributed by atoms with Gasteiger partial charge in [-0.15, -0.1) is 0 Å². The van der Waals surface area contributed by atoms with Crippen LogP contribution in [0.25, 0.3) is 0 Å². The number of hydrazone groups is 1. The highest BCUT2D eigenvalue weighted by atomic mass is 16.5. The summed E-state index contributed by atoms with van der Waals surface area (Å²) < 4.78 is 15.9. The van der Waals surface area contributed by atoms with Crippen LogP contribution < -0.4 is 24.5 Å². The molecule has 2 aromatic carbocycles. The number of benzene rings is 2. The molecule has 7 nitrogen and oxygen atoms in total. The predicted molar refractivity (Wildman–Crippen MR) is 109 cm³/mol. The van der Waals surface area contributed by atoms with Crippen LogP contribution in [0.5, 0.6) is 17.2 Å². The third-order valence-electron chi connectivity index (χ3n) is 4.63. The van der Waals surface area contributed by atoms with E-state index in [0.29, 0.717) is 17.2 Å². The second-order valence-electron chi connectivity index (χ2n) is 6.41. The zero-order valence-corrected chi connectivity index (χ0v) is 16.4. The van der Waals surface area contributed by atoms with Gasteiger partial charge >= 0.3 is 0 Å². The fourth-order valence-electron chi connectivity index (χ4n) is 3.34. The van der Waals surface area contributed by atoms with E-state index in [9.17, 15) is 4.79 Å². The Kier molecular flexibility index (Phi) is 6.37. The van der Waals surface area contributed by atoms with Crippen molar-refractivity contribution in [3.05, 3.63) is 47.5 Å². The summed E-state index contributed by atoms with van der Waals surface area (Å²) in [6.45, 7) is 1.13. The molecule has 7 heteroatoms. The SMILES string of the molecule is COc1cc(/C=N\NC(=O)CN2CCCc3ccccc32)cc(OC)c1OC. The van der Waals surface area contributed by atoms with Crippen molar-refractivity contribution in [2.75, 3.05) is 39.3 Å². The number of para-hydroxylation sites is 1. The van der Waals surface area contributed by atoms with Crippen LogP contribution >= 0.6 is 0 Å². The summed E-state index contributed by atoms with van der Waals surface area (Å²) in [4.78, 5) is 14.4. The number of carbonyl (C=O) groups is 1. The molecule has 0 fully saturated rings. The first-order chi connectivity index (χ1) is 13.7. The van der Waals surface area contributed by atoms with Gasteiger partial charge in [-0.3, -0.25) is 4.79 Å². The van der Waals surface area contributed by atoms with Crippen molar-refractivity contribution in [1.82, 2.24) is 5.43 Å². The number of ether oxygens (including phenoxy) is 3. The van der Waals surface area contributed by atoms with Crippen LogP contribution in [-0.4, -0.2) is 46.5 Å². The Hall–Kier alpha value is -3.22. The topological polar surface area (TPSA) is 72.4 Å². The third-order valence-corrected chi connectivity index (χ3v) is 4.63. The summed E-state index contributed by atoms with van der Waals surface area (Å²) in [5.41, 5.74) is 5.71. The first-order valence-electron chi connectivity index (χ1n) is 9.11. The van der Waals surface area contributed by atoms with E-state index in [2.05, 4.69) is 27.6 Å². The minimum atomic E-state index is -0.166. The molecule has 1 heterocycles. The second-order valence-corrected chi connectivity index (χ2v) is 6.41. The lowest BCUT2D eigenvalue weighted by Gasteiger charge is -2.30. The van der Waals surface area contributed by atoms with Gasteiger partial charge in [0.1, 0.15) is 0 Å². The Morgan fingerprint density at radius 3 is 2.54 bits per heavy atom. The number of methoxy groups -OCH3 is 3. The maximum absolute atomic E-state index is 12.3. The Balaban J connectivity index is 1.64. The lowest BCUT2D eigenvalue weighted by molar-refractivity contribution is -0.119. The molecule has 1 aliphatic rings. The largest absolute Gasteiger partial charge is 0.493 e. The molecule has 0 bridgehead atoms. The van der Waals surface area contributed by atoms with Crippen LogP contribution in [0.3, 0.4) is 0 Å². The van der Waals surface area contributed by atoms with Gasteiger partial charge in [0.05, 0.1) is 34.1 Å². The molecule has 0 aliphatic carbocycles. The van der Waals surface area contributed by atoms with Gasteiger partial charge in [0.2, 0.25) is 5.75 Å². The lowest BCUT2D eigenvalue weighted by Crippen LogP contribution is -2.38. The molecule has 2 aromatic rings. The van der Waals surface area contributed by atoms with Crippen LogP contribution in [0.15, 0.2) is 41.5 Å². The molecule has 0 radical (unpaired) electrons. The smallest absolute Gasteiger partial charge is 0.259 e. The van der Waals surface area contributed by atoms with Gasteiger partial charge in [0.15, 0.2) is 11.5 Å². The highest BCUT2D eigenvalue weighted by Crippen LogP contribution is 2.37. The van der Waals surface area contributed by atoms with Crippen molar-refractivity contribution < 1.29 is 19.0 Å². The number of aryl methyl sites for hydroxylation is 1. The monoisotopic (exact) mass is 383 g/mol. The van der Waals surface area contributed by atoms with Gasteiger partial charge in [-0.05, 0) is 36.6 Å². The lowest BCUT2D eigenvalue weighted by atomic mass is 10.0. The normalized spacial score (nSPS) is 13.2. The number of fused-ring (bicyclic) bond motifs is 1. The minimum Gasteiger partial charge on any atom is -0.493 e.